The standard InChI is InChI=1S/C27H18Br2N2O3/c1-33-26-18(13-20(28)14-22(26)29)8-11-25(32)30-21-9-10-24-23(15-21)31-27(34-24)19-7-6-16-4-2-3-5-17(16)12-19/h2-15H,1H3,(H,30,32)/b11-8+. The van der Waals surface area contributed by atoms with Gasteiger partial charge in [-0.2, -0.15) is 0 Å². The fraction of sp³-hybridized carbons (Fsp3) is 0.0370. The maximum absolute atomic E-state index is 12.5. The zero-order valence-electron chi connectivity index (χ0n) is 18.0. The van der Waals surface area contributed by atoms with Crippen molar-refractivity contribution in [2.75, 3.05) is 12.4 Å². The Morgan fingerprint density at radius 1 is 1.00 bits per heavy atom. The number of hydrogen-bond acceptors (Lipinski definition) is 4. The third kappa shape index (κ3) is 4.62. The van der Waals surface area contributed by atoms with Gasteiger partial charge in [-0.15, -0.1) is 0 Å². The van der Waals surface area contributed by atoms with E-state index in [4.69, 9.17) is 9.15 Å². The summed E-state index contributed by atoms with van der Waals surface area (Å²) in [6.45, 7) is 0. The van der Waals surface area contributed by atoms with E-state index in [2.05, 4.69) is 66.4 Å². The van der Waals surface area contributed by atoms with Gasteiger partial charge in [-0.3, -0.25) is 4.79 Å². The number of methoxy groups -OCH3 is 1. The van der Waals surface area contributed by atoms with E-state index in [0.29, 0.717) is 28.4 Å². The summed E-state index contributed by atoms with van der Waals surface area (Å²) in [5.74, 6) is 0.921. The molecule has 0 aliphatic rings. The van der Waals surface area contributed by atoms with Crippen molar-refractivity contribution >= 4 is 71.4 Å². The number of amides is 1. The van der Waals surface area contributed by atoms with Gasteiger partial charge in [0.05, 0.1) is 11.6 Å². The Bertz CT molecular complexity index is 1570. The number of rotatable bonds is 5. The van der Waals surface area contributed by atoms with Crippen LogP contribution in [-0.4, -0.2) is 18.0 Å². The van der Waals surface area contributed by atoms with Gasteiger partial charge in [-0.05, 0) is 75.2 Å². The predicted molar refractivity (Wildman–Crippen MR) is 143 cm³/mol. The molecule has 1 amide bonds. The summed E-state index contributed by atoms with van der Waals surface area (Å²) in [7, 11) is 1.59. The molecule has 0 saturated carbocycles. The van der Waals surface area contributed by atoms with Crippen LogP contribution in [0.2, 0.25) is 0 Å². The molecule has 1 heterocycles. The number of carbonyl (C=O) groups is 1. The topological polar surface area (TPSA) is 64.4 Å². The molecule has 0 spiro atoms. The number of benzene rings is 4. The molecule has 5 aromatic rings. The molecule has 0 aliphatic heterocycles. The molecule has 4 aromatic carbocycles. The monoisotopic (exact) mass is 576 g/mol. The predicted octanol–water partition coefficient (Wildman–Crippen LogP) is 7.83. The molecule has 0 aliphatic carbocycles. The molecule has 1 aromatic heterocycles. The van der Waals surface area contributed by atoms with Crippen LogP contribution in [0.15, 0.2) is 92.2 Å². The number of anilines is 1. The summed E-state index contributed by atoms with van der Waals surface area (Å²) in [4.78, 5) is 17.2. The van der Waals surface area contributed by atoms with E-state index in [1.54, 1.807) is 31.4 Å². The second-order valence-corrected chi connectivity index (χ2v) is 9.37. The summed E-state index contributed by atoms with van der Waals surface area (Å²) in [5.41, 5.74) is 3.62. The van der Waals surface area contributed by atoms with Crippen LogP contribution in [0.3, 0.4) is 0 Å². The molecule has 7 heteroatoms. The summed E-state index contributed by atoms with van der Waals surface area (Å²) in [5, 5.41) is 5.15. The lowest BCUT2D eigenvalue weighted by atomic mass is 10.1. The number of halogens is 2. The Hall–Kier alpha value is -3.42. The Kier molecular flexibility index (Phi) is 6.22. The van der Waals surface area contributed by atoms with E-state index < -0.39 is 0 Å². The number of aromatic nitrogens is 1. The first-order chi connectivity index (χ1) is 16.5. The van der Waals surface area contributed by atoms with E-state index >= 15 is 0 Å². The zero-order chi connectivity index (χ0) is 23.7. The van der Waals surface area contributed by atoms with Gasteiger partial charge in [0.2, 0.25) is 11.8 Å². The van der Waals surface area contributed by atoms with E-state index in [0.717, 1.165) is 30.8 Å². The maximum Gasteiger partial charge on any atom is 0.248 e. The summed E-state index contributed by atoms with van der Waals surface area (Å²) in [6.07, 6.45) is 3.17. The smallest absolute Gasteiger partial charge is 0.248 e. The molecule has 5 rings (SSSR count). The second kappa shape index (κ2) is 9.44. The van der Waals surface area contributed by atoms with Crippen molar-refractivity contribution < 1.29 is 13.9 Å². The first kappa shape index (κ1) is 22.4. The average Bonchev–Trinajstić information content (AvgIpc) is 3.25. The van der Waals surface area contributed by atoms with Gasteiger partial charge in [-0.1, -0.05) is 46.3 Å². The van der Waals surface area contributed by atoms with Crippen molar-refractivity contribution in [1.29, 1.82) is 0 Å². The largest absolute Gasteiger partial charge is 0.495 e. The fourth-order valence-corrected chi connectivity index (χ4v) is 5.14. The van der Waals surface area contributed by atoms with E-state index in [1.165, 1.54) is 6.08 Å². The Balaban J connectivity index is 1.36. The number of ether oxygens (including phenoxy) is 1. The van der Waals surface area contributed by atoms with Gasteiger partial charge < -0.3 is 14.5 Å². The molecule has 0 fully saturated rings. The minimum atomic E-state index is -0.268. The van der Waals surface area contributed by atoms with Gasteiger partial charge in [0.15, 0.2) is 5.58 Å². The van der Waals surface area contributed by atoms with Crippen LogP contribution in [0, 0.1) is 0 Å². The van der Waals surface area contributed by atoms with Crippen molar-refractivity contribution in [1.82, 2.24) is 4.98 Å². The number of fused-ring (bicyclic) bond motifs is 2. The van der Waals surface area contributed by atoms with Crippen LogP contribution in [0.4, 0.5) is 5.69 Å². The summed E-state index contributed by atoms with van der Waals surface area (Å²) < 4.78 is 13.0. The highest BCUT2D eigenvalue weighted by Crippen LogP contribution is 2.33. The van der Waals surface area contributed by atoms with Crippen molar-refractivity contribution in [3.63, 3.8) is 0 Å². The molecule has 34 heavy (non-hydrogen) atoms. The van der Waals surface area contributed by atoms with Crippen molar-refractivity contribution in [2.45, 2.75) is 0 Å². The highest BCUT2D eigenvalue weighted by molar-refractivity contribution is 9.11. The Labute approximate surface area is 212 Å². The molecular formula is C27H18Br2N2O3. The first-order valence-corrected chi connectivity index (χ1v) is 12.0. The lowest BCUT2D eigenvalue weighted by molar-refractivity contribution is -0.111. The Morgan fingerprint density at radius 3 is 2.65 bits per heavy atom. The molecule has 0 atom stereocenters. The quantitative estimate of drug-likeness (QED) is 0.216. The van der Waals surface area contributed by atoms with Gasteiger partial charge in [0, 0.05) is 27.4 Å². The van der Waals surface area contributed by atoms with Gasteiger partial charge in [0.25, 0.3) is 0 Å². The number of nitrogens with zero attached hydrogens (tertiary/aromatic N) is 1. The molecule has 0 bridgehead atoms. The molecular weight excluding hydrogens is 560 g/mol. The lowest BCUT2D eigenvalue weighted by Gasteiger charge is -2.08. The molecule has 0 unspecified atom stereocenters. The van der Waals surface area contributed by atoms with Crippen LogP contribution in [-0.2, 0) is 4.79 Å². The normalized spacial score (nSPS) is 11.4. The summed E-state index contributed by atoms with van der Waals surface area (Å²) >= 11 is 6.92. The van der Waals surface area contributed by atoms with Crippen molar-refractivity contribution in [3.05, 3.63) is 93.4 Å². The maximum atomic E-state index is 12.5. The van der Waals surface area contributed by atoms with Crippen LogP contribution in [0.5, 0.6) is 5.75 Å². The first-order valence-electron chi connectivity index (χ1n) is 10.4. The highest BCUT2D eigenvalue weighted by atomic mass is 79.9. The third-order valence-corrected chi connectivity index (χ3v) is 6.35. The highest BCUT2D eigenvalue weighted by Gasteiger charge is 2.11. The fourth-order valence-electron chi connectivity index (χ4n) is 3.72. The number of nitrogens with one attached hydrogen (secondary N) is 1. The SMILES string of the molecule is COc1c(Br)cc(Br)cc1/C=C/C(=O)Nc1ccc2oc(-c3ccc4ccccc4c3)nc2c1. The van der Waals surface area contributed by atoms with E-state index in [-0.39, 0.29) is 5.91 Å². The van der Waals surface area contributed by atoms with Crippen molar-refractivity contribution in [3.8, 4) is 17.2 Å². The van der Waals surface area contributed by atoms with Crippen LogP contribution >= 0.6 is 31.9 Å². The van der Waals surface area contributed by atoms with Gasteiger partial charge in [0.1, 0.15) is 11.3 Å². The van der Waals surface area contributed by atoms with Gasteiger partial charge in [-0.25, -0.2) is 4.98 Å². The molecule has 5 nitrogen and oxygen atoms in total. The second-order valence-electron chi connectivity index (χ2n) is 7.60. The van der Waals surface area contributed by atoms with E-state index in [9.17, 15) is 4.79 Å². The minimum Gasteiger partial charge on any atom is -0.495 e. The van der Waals surface area contributed by atoms with Gasteiger partial charge >= 0.3 is 0 Å². The van der Waals surface area contributed by atoms with Crippen LogP contribution < -0.4 is 10.1 Å². The number of hydrogen-bond donors (Lipinski definition) is 1. The zero-order valence-corrected chi connectivity index (χ0v) is 21.2. The number of carbonyl (C=O) groups excluding carboxylic acids is 1. The molecule has 1 N–H and O–H groups in total. The molecule has 0 saturated heterocycles. The van der Waals surface area contributed by atoms with Crippen molar-refractivity contribution in [2.24, 2.45) is 0 Å². The van der Waals surface area contributed by atoms with Crippen LogP contribution in [0.25, 0.3) is 39.4 Å². The van der Waals surface area contributed by atoms with Crippen LogP contribution in [0.1, 0.15) is 5.56 Å². The Morgan fingerprint density at radius 2 is 1.82 bits per heavy atom. The van der Waals surface area contributed by atoms with E-state index in [1.807, 2.05) is 30.3 Å². The third-order valence-electron chi connectivity index (χ3n) is 5.31. The average molecular weight is 578 g/mol. The lowest BCUT2D eigenvalue weighted by Crippen LogP contribution is -2.07. The molecule has 0 radical (unpaired) electrons. The molecule has 168 valence electrons. The number of oxazole rings is 1. The minimum absolute atomic E-state index is 0.268. The summed E-state index contributed by atoms with van der Waals surface area (Å²) in [6, 6.07) is 23.4.